The molecule has 0 aliphatic heterocycles. The van der Waals surface area contributed by atoms with Gasteiger partial charge in [-0.15, -0.1) is 0 Å². The third-order valence-corrected chi connectivity index (χ3v) is 3.87. The minimum atomic E-state index is 0.0947. The van der Waals surface area contributed by atoms with Crippen LogP contribution < -0.4 is 25.7 Å². The topological polar surface area (TPSA) is 79.7 Å². The lowest BCUT2D eigenvalue weighted by atomic mass is 9.86. The van der Waals surface area contributed by atoms with Crippen LogP contribution in [-0.2, 0) is 0 Å². The SMILES string of the molecule is COc1c(Cl)cc(C(C)C(CN)CN)c(OC)c1OC. The van der Waals surface area contributed by atoms with E-state index in [4.69, 9.17) is 37.3 Å². The lowest BCUT2D eigenvalue weighted by Gasteiger charge is -2.25. The zero-order valence-corrected chi connectivity index (χ0v) is 13.2. The molecule has 0 fully saturated rings. The van der Waals surface area contributed by atoms with E-state index < -0.39 is 0 Å². The normalized spacial score (nSPS) is 12.4. The summed E-state index contributed by atoms with van der Waals surface area (Å²) in [5.74, 6) is 1.78. The molecule has 4 N–H and O–H groups in total. The van der Waals surface area contributed by atoms with Crippen LogP contribution in [0.5, 0.6) is 17.2 Å². The quantitative estimate of drug-likeness (QED) is 0.805. The third kappa shape index (κ3) is 3.11. The van der Waals surface area contributed by atoms with E-state index in [1.165, 1.54) is 7.11 Å². The highest BCUT2D eigenvalue weighted by atomic mass is 35.5. The van der Waals surface area contributed by atoms with Crippen LogP contribution in [0.2, 0.25) is 5.02 Å². The first kappa shape index (κ1) is 16.9. The van der Waals surface area contributed by atoms with Crippen molar-refractivity contribution in [3.8, 4) is 17.2 Å². The Morgan fingerprint density at radius 3 is 1.90 bits per heavy atom. The molecule has 0 amide bonds. The zero-order chi connectivity index (χ0) is 15.3. The summed E-state index contributed by atoms with van der Waals surface area (Å²) < 4.78 is 16.1. The first-order valence-electron chi connectivity index (χ1n) is 6.44. The molecule has 20 heavy (non-hydrogen) atoms. The van der Waals surface area contributed by atoms with Gasteiger partial charge in [0.15, 0.2) is 11.5 Å². The molecule has 0 spiro atoms. The Kier molecular flexibility index (Phi) is 6.39. The molecule has 1 rings (SSSR count). The van der Waals surface area contributed by atoms with Gasteiger partial charge in [0.25, 0.3) is 0 Å². The van der Waals surface area contributed by atoms with E-state index in [1.807, 2.05) is 13.0 Å². The number of halogens is 1. The second kappa shape index (κ2) is 7.57. The van der Waals surface area contributed by atoms with Crippen LogP contribution >= 0.6 is 11.6 Å². The number of benzene rings is 1. The van der Waals surface area contributed by atoms with Gasteiger partial charge in [-0.25, -0.2) is 0 Å². The first-order valence-corrected chi connectivity index (χ1v) is 6.81. The van der Waals surface area contributed by atoms with Crippen molar-refractivity contribution in [3.05, 3.63) is 16.7 Å². The van der Waals surface area contributed by atoms with E-state index >= 15 is 0 Å². The van der Waals surface area contributed by atoms with Crippen LogP contribution in [0.25, 0.3) is 0 Å². The monoisotopic (exact) mass is 302 g/mol. The maximum atomic E-state index is 6.25. The third-order valence-electron chi connectivity index (χ3n) is 3.59. The summed E-state index contributed by atoms with van der Waals surface area (Å²) in [5, 5.41) is 0.472. The van der Waals surface area contributed by atoms with Gasteiger partial charge in [0, 0.05) is 5.56 Å². The predicted molar refractivity (Wildman–Crippen MR) is 81.1 cm³/mol. The Hall–Kier alpha value is -1.17. The van der Waals surface area contributed by atoms with Gasteiger partial charge in [-0.05, 0) is 31.0 Å². The molecule has 0 bridgehead atoms. The van der Waals surface area contributed by atoms with Crippen molar-refractivity contribution >= 4 is 11.6 Å². The Morgan fingerprint density at radius 1 is 1.00 bits per heavy atom. The molecule has 1 atom stereocenters. The first-order chi connectivity index (χ1) is 9.55. The summed E-state index contributed by atoms with van der Waals surface area (Å²) in [6.45, 7) is 3.03. The molecule has 1 unspecified atom stereocenters. The fourth-order valence-electron chi connectivity index (χ4n) is 2.29. The van der Waals surface area contributed by atoms with E-state index in [1.54, 1.807) is 14.2 Å². The molecule has 0 heterocycles. The number of hydrogen-bond acceptors (Lipinski definition) is 5. The van der Waals surface area contributed by atoms with Crippen molar-refractivity contribution in [2.75, 3.05) is 34.4 Å². The average Bonchev–Trinajstić information content (AvgIpc) is 2.46. The minimum Gasteiger partial charge on any atom is -0.492 e. The number of rotatable bonds is 7. The fraction of sp³-hybridized carbons (Fsp3) is 0.571. The maximum Gasteiger partial charge on any atom is 0.205 e. The van der Waals surface area contributed by atoms with Crippen LogP contribution in [0.3, 0.4) is 0 Å². The van der Waals surface area contributed by atoms with Crippen LogP contribution in [0.15, 0.2) is 6.07 Å². The van der Waals surface area contributed by atoms with E-state index in [2.05, 4.69) is 0 Å². The molecular weight excluding hydrogens is 280 g/mol. The molecule has 0 aromatic heterocycles. The summed E-state index contributed by atoms with van der Waals surface area (Å²) in [5.41, 5.74) is 12.4. The summed E-state index contributed by atoms with van der Waals surface area (Å²) in [6.07, 6.45) is 0. The highest BCUT2D eigenvalue weighted by molar-refractivity contribution is 6.32. The van der Waals surface area contributed by atoms with Crippen LogP contribution in [0, 0.1) is 5.92 Å². The highest BCUT2D eigenvalue weighted by Crippen LogP contribution is 2.48. The molecule has 0 aliphatic carbocycles. The fourth-order valence-corrected chi connectivity index (χ4v) is 2.57. The lowest BCUT2D eigenvalue weighted by molar-refractivity contribution is 0.318. The number of hydrogen-bond donors (Lipinski definition) is 2. The number of methoxy groups -OCH3 is 3. The number of nitrogens with two attached hydrogens (primary N) is 2. The van der Waals surface area contributed by atoms with Crippen molar-refractivity contribution in [2.45, 2.75) is 12.8 Å². The summed E-state index contributed by atoms with van der Waals surface area (Å²) >= 11 is 6.25. The largest absolute Gasteiger partial charge is 0.492 e. The summed E-state index contributed by atoms with van der Waals surface area (Å²) in [7, 11) is 4.67. The predicted octanol–water partition coefficient (Wildman–Crippen LogP) is 2.00. The lowest BCUT2D eigenvalue weighted by Crippen LogP contribution is -2.28. The molecule has 6 heteroatoms. The van der Waals surface area contributed by atoms with E-state index in [-0.39, 0.29) is 11.8 Å². The van der Waals surface area contributed by atoms with Gasteiger partial charge in [-0.3, -0.25) is 0 Å². The molecule has 0 radical (unpaired) electrons. The van der Waals surface area contributed by atoms with Crippen LogP contribution in [-0.4, -0.2) is 34.4 Å². The standard InChI is InChI=1S/C14H23ClN2O3/c1-8(9(6-16)7-17)10-5-11(15)13(19-3)14(20-4)12(10)18-2/h5,8-9H,6-7,16-17H2,1-4H3. The van der Waals surface area contributed by atoms with Crippen molar-refractivity contribution in [2.24, 2.45) is 17.4 Å². The summed E-state index contributed by atoms with van der Waals surface area (Å²) in [6, 6.07) is 1.82. The minimum absolute atomic E-state index is 0.0947. The number of ether oxygens (including phenoxy) is 3. The van der Waals surface area contributed by atoms with Gasteiger partial charge < -0.3 is 25.7 Å². The molecular formula is C14H23ClN2O3. The van der Waals surface area contributed by atoms with Crippen LogP contribution in [0.1, 0.15) is 18.4 Å². The van der Waals surface area contributed by atoms with Gasteiger partial charge in [0.05, 0.1) is 26.4 Å². The summed E-state index contributed by atoms with van der Waals surface area (Å²) in [4.78, 5) is 0. The van der Waals surface area contributed by atoms with E-state index in [0.29, 0.717) is 35.4 Å². The van der Waals surface area contributed by atoms with Gasteiger partial charge in [-0.1, -0.05) is 18.5 Å². The van der Waals surface area contributed by atoms with Gasteiger partial charge in [-0.2, -0.15) is 0 Å². The van der Waals surface area contributed by atoms with Crippen molar-refractivity contribution in [1.29, 1.82) is 0 Å². The van der Waals surface area contributed by atoms with Gasteiger partial charge in [0.1, 0.15) is 0 Å². The molecule has 0 aliphatic rings. The second-order valence-electron chi connectivity index (χ2n) is 4.57. The van der Waals surface area contributed by atoms with Crippen molar-refractivity contribution in [1.82, 2.24) is 0 Å². The molecule has 5 nitrogen and oxygen atoms in total. The molecule has 1 aromatic carbocycles. The molecule has 0 saturated heterocycles. The van der Waals surface area contributed by atoms with E-state index in [9.17, 15) is 0 Å². The molecule has 0 saturated carbocycles. The molecule has 114 valence electrons. The molecule has 1 aromatic rings. The Morgan fingerprint density at radius 2 is 1.50 bits per heavy atom. The Labute approximate surface area is 125 Å². The van der Waals surface area contributed by atoms with Crippen LogP contribution in [0.4, 0.5) is 0 Å². The highest BCUT2D eigenvalue weighted by Gasteiger charge is 2.26. The van der Waals surface area contributed by atoms with E-state index in [0.717, 1.165) is 5.56 Å². The van der Waals surface area contributed by atoms with Crippen molar-refractivity contribution < 1.29 is 14.2 Å². The average molecular weight is 303 g/mol. The smallest absolute Gasteiger partial charge is 0.205 e. The Balaban J connectivity index is 3.43. The van der Waals surface area contributed by atoms with Gasteiger partial charge in [0.2, 0.25) is 5.75 Å². The Bertz CT molecular complexity index is 451. The van der Waals surface area contributed by atoms with Crippen molar-refractivity contribution in [3.63, 3.8) is 0 Å². The second-order valence-corrected chi connectivity index (χ2v) is 4.97. The maximum absolute atomic E-state index is 6.25. The zero-order valence-electron chi connectivity index (χ0n) is 12.4. The van der Waals surface area contributed by atoms with Gasteiger partial charge >= 0.3 is 0 Å².